The van der Waals surface area contributed by atoms with Gasteiger partial charge < -0.3 is 15.3 Å². The Bertz CT molecular complexity index is 592. The quantitative estimate of drug-likeness (QED) is 0.861. The van der Waals surface area contributed by atoms with Gasteiger partial charge in [-0.1, -0.05) is 17.7 Å². The molecule has 2 aromatic rings. The Morgan fingerprint density at radius 2 is 2.14 bits per heavy atom. The number of anilines is 2. The minimum Gasteiger partial charge on any atom is -0.395 e. The fraction of sp³-hybridized carbons (Fsp3) is 0.267. The zero-order valence-electron chi connectivity index (χ0n) is 11.7. The van der Waals surface area contributed by atoms with E-state index in [0.29, 0.717) is 23.9 Å². The number of benzene rings is 1. The maximum Gasteiger partial charge on any atom is 0.126 e. The monoisotopic (exact) mass is 309 g/mol. The molecule has 1 heterocycles. The highest BCUT2D eigenvalue weighted by Crippen LogP contribution is 2.19. The van der Waals surface area contributed by atoms with Crippen LogP contribution < -0.4 is 10.2 Å². The van der Waals surface area contributed by atoms with E-state index >= 15 is 0 Å². The highest BCUT2D eigenvalue weighted by Gasteiger charge is 2.04. The summed E-state index contributed by atoms with van der Waals surface area (Å²) >= 11 is 5.97. The highest BCUT2D eigenvalue weighted by atomic mass is 35.5. The normalized spacial score (nSPS) is 10.5. The van der Waals surface area contributed by atoms with Crippen molar-refractivity contribution in [1.82, 2.24) is 4.98 Å². The van der Waals surface area contributed by atoms with Crippen molar-refractivity contribution < 1.29 is 9.50 Å². The molecule has 0 saturated carbocycles. The molecule has 1 aromatic heterocycles. The van der Waals surface area contributed by atoms with E-state index in [1.54, 1.807) is 12.3 Å². The van der Waals surface area contributed by atoms with Crippen LogP contribution in [0.2, 0.25) is 5.02 Å². The first-order valence-corrected chi connectivity index (χ1v) is 6.94. The third-order valence-electron chi connectivity index (χ3n) is 3.10. The van der Waals surface area contributed by atoms with Crippen LogP contribution in [0.1, 0.15) is 5.56 Å². The molecule has 2 N–H and O–H groups in total. The Kier molecular flexibility index (Phi) is 5.36. The molecular formula is C15H17ClFN3O. The summed E-state index contributed by atoms with van der Waals surface area (Å²) in [6.07, 6.45) is 1.73. The maximum atomic E-state index is 13.0. The van der Waals surface area contributed by atoms with Crippen LogP contribution in [-0.4, -0.2) is 30.3 Å². The van der Waals surface area contributed by atoms with Gasteiger partial charge in [0, 0.05) is 25.2 Å². The SMILES string of the molecule is CN(CCO)c1ccc(NCc2ccc(F)cc2Cl)nc1. The molecule has 0 aliphatic heterocycles. The standard InChI is InChI=1S/C15H17ClFN3O/c1-20(6-7-21)13-4-5-15(19-10-13)18-9-11-2-3-12(17)8-14(11)16/h2-5,8,10,21H,6-7,9H2,1H3,(H,18,19). The number of hydrogen-bond acceptors (Lipinski definition) is 4. The van der Waals surface area contributed by atoms with Crippen LogP contribution in [-0.2, 0) is 6.54 Å². The smallest absolute Gasteiger partial charge is 0.126 e. The van der Waals surface area contributed by atoms with E-state index < -0.39 is 0 Å². The maximum absolute atomic E-state index is 13.0. The van der Waals surface area contributed by atoms with Gasteiger partial charge in [0.25, 0.3) is 0 Å². The summed E-state index contributed by atoms with van der Waals surface area (Å²) in [7, 11) is 1.89. The van der Waals surface area contributed by atoms with Crippen molar-refractivity contribution in [2.24, 2.45) is 0 Å². The zero-order valence-corrected chi connectivity index (χ0v) is 12.4. The van der Waals surface area contributed by atoms with Crippen LogP contribution in [0, 0.1) is 5.82 Å². The molecule has 4 nitrogen and oxygen atoms in total. The third-order valence-corrected chi connectivity index (χ3v) is 3.45. The van der Waals surface area contributed by atoms with Crippen molar-refractivity contribution in [1.29, 1.82) is 0 Å². The van der Waals surface area contributed by atoms with Crippen molar-refractivity contribution >= 4 is 23.1 Å². The molecule has 0 saturated heterocycles. The number of nitrogens with zero attached hydrogens (tertiary/aromatic N) is 2. The van der Waals surface area contributed by atoms with Crippen molar-refractivity contribution in [2.75, 3.05) is 30.4 Å². The molecule has 112 valence electrons. The van der Waals surface area contributed by atoms with Crippen LogP contribution in [0.15, 0.2) is 36.5 Å². The Morgan fingerprint density at radius 3 is 2.76 bits per heavy atom. The van der Waals surface area contributed by atoms with E-state index in [2.05, 4.69) is 10.3 Å². The Morgan fingerprint density at radius 1 is 1.33 bits per heavy atom. The number of aromatic nitrogens is 1. The average Bonchev–Trinajstić information content (AvgIpc) is 2.47. The molecule has 0 spiro atoms. The fourth-order valence-corrected chi connectivity index (χ4v) is 2.08. The topological polar surface area (TPSA) is 48.4 Å². The summed E-state index contributed by atoms with van der Waals surface area (Å²) in [6, 6.07) is 8.08. The summed E-state index contributed by atoms with van der Waals surface area (Å²) in [4.78, 5) is 6.20. The number of hydrogen-bond donors (Lipinski definition) is 2. The number of halogens is 2. The molecule has 0 radical (unpaired) electrons. The zero-order chi connectivity index (χ0) is 15.2. The number of likely N-dealkylation sites (N-methyl/N-ethyl adjacent to an activating group) is 1. The molecular weight excluding hydrogens is 293 g/mol. The molecule has 21 heavy (non-hydrogen) atoms. The lowest BCUT2D eigenvalue weighted by molar-refractivity contribution is 0.304. The minimum atomic E-state index is -0.349. The largest absolute Gasteiger partial charge is 0.395 e. The molecule has 6 heteroatoms. The van der Waals surface area contributed by atoms with Crippen LogP contribution >= 0.6 is 11.6 Å². The molecule has 2 rings (SSSR count). The molecule has 0 unspecified atom stereocenters. The van der Waals surface area contributed by atoms with E-state index in [0.717, 1.165) is 11.3 Å². The number of aliphatic hydroxyl groups excluding tert-OH is 1. The van der Waals surface area contributed by atoms with Crippen LogP contribution in [0.25, 0.3) is 0 Å². The summed E-state index contributed by atoms with van der Waals surface area (Å²) in [6.45, 7) is 1.12. The molecule has 0 bridgehead atoms. The van der Waals surface area contributed by atoms with Gasteiger partial charge in [-0.15, -0.1) is 0 Å². The predicted octanol–water partition coefficient (Wildman–Crippen LogP) is 2.91. The molecule has 0 atom stereocenters. The van der Waals surface area contributed by atoms with Gasteiger partial charge in [-0.3, -0.25) is 0 Å². The number of aliphatic hydroxyl groups is 1. The first kappa shape index (κ1) is 15.5. The van der Waals surface area contributed by atoms with Gasteiger partial charge in [0.1, 0.15) is 11.6 Å². The second-order valence-corrected chi connectivity index (χ2v) is 5.04. The Labute approximate surface area is 128 Å². The lowest BCUT2D eigenvalue weighted by atomic mass is 10.2. The molecule has 1 aromatic carbocycles. The summed E-state index contributed by atoms with van der Waals surface area (Å²) in [5.74, 6) is 0.356. The van der Waals surface area contributed by atoms with Crippen molar-refractivity contribution in [3.8, 4) is 0 Å². The highest BCUT2D eigenvalue weighted by molar-refractivity contribution is 6.31. The lowest BCUT2D eigenvalue weighted by Gasteiger charge is -2.17. The van der Waals surface area contributed by atoms with Crippen molar-refractivity contribution in [3.63, 3.8) is 0 Å². The van der Waals surface area contributed by atoms with Gasteiger partial charge in [0.15, 0.2) is 0 Å². The van der Waals surface area contributed by atoms with E-state index in [4.69, 9.17) is 16.7 Å². The second-order valence-electron chi connectivity index (χ2n) is 4.64. The molecule has 0 aliphatic rings. The summed E-state index contributed by atoms with van der Waals surface area (Å²) < 4.78 is 13.0. The van der Waals surface area contributed by atoms with Gasteiger partial charge in [-0.2, -0.15) is 0 Å². The van der Waals surface area contributed by atoms with E-state index in [-0.39, 0.29) is 12.4 Å². The fourth-order valence-electron chi connectivity index (χ4n) is 1.85. The van der Waals surface area contributed by atoms with Crippen LogP contribution in [0.3, 0.4) is 0 Å². The Hall–Kier alpha value is -1.85. The summed E-state index contributed by atoms with van der Waals surface area (Å²) in [5.41, 5.74) is 1.73. The second kappa shape index (κ2) is 7.24. The minimum absolute atomic E-state index is 0.0968. The van der Waals surface area contributed by atoms with Crippen LogP contribution in [0.4, 0.5) is 15.9 Å². The molecule has 0 amide bonds. The number of rotatable bonds is 6. The van der Waals surface area contributed by atoms with Gasteiger partial charge in [-0.25, -0.2) is 9.37 Å². The number of nitrogens with one attached hydrogen (secondary N) is 1. The van der Waals surface area contributed by atoms with Crippen molar-refractivity contribution in [2.45, 2.75) is 6.54 Å². The van der Waals surface area contributed by atoms with E-state index in [1.165, 1.54) is 12.1 Å². The third kappa shape index (κ3) is 4.31. The van der Waals surface area contributed by atoms with Gasteiger partial charge in [0.2, 0.25) is 0 Å². The molecule has 0 aliphatic carbocycles. The first-order chi connectivity index (χ1) is 10.1. The summed E-state index contributed by atoms with van der Waals surface area (Å²) in [5, 5.41) is 12.4. The van der Waals surface area contributed by atoms with Crippen LogP contribution in [0.5, 0.6) is 0 Å². The van der Waals surface area contributed by atoms with E-state index in [9.17, 15) is 4.39 Å². The number of pyridine rings is 1. The predicted molar refractivity (Wildman–Crippen MR) is 83.3 cm³/mol. The Balaban J connectivity index is 1.97. The lowest BCUT2D eigenvalue weighted by Crippen LogP contribution is -2.21. The van der Waals surface area contributed by atoms with Gasteiger partial charge in [-0.05, 0) is 29.8 Å². The van der Waals surface area contributed by atoms with Gasteiger partial charge in [0.05, 0.1) is 18.5 Å². The van der Waals surface area contributed by atoms with E-state index in [1.807, 2.05) is 24.1 Å². The first-order valence-electron chi connectivity index (χ1n) is 6.56. The van der Waals surface area contributed by atoms with Gasteiger partial charge >= 0.3 is 0 Å². The molecule has 0 fully saturated rings. The van der Waals surface area contributed by atoms with Crippen molar-refractivity contribution in [3.05, 3.63) is 52.9 Å². The average molecular weight is 310 g/mol.